The van der Waals surface area contributed by atoms with Gasteiger partial charge in [-0.2, -0.15) is 0 Å². The molecule has 0 fully saturated rings. The number of hydrogen-bond donors (Lipinski definition) is 0. The van der Waals surface area contributed by atoms with Crippen molar-refractivity contribution in [3.63, 3.8) is 0 Å². The molecule has 0 saturated heterocycles. The number of benzene rings is 1. The molecule has 158 valence electrons. The van der Waals surface area contributed by atoms with E-state index in [1.807, 2.05) is 48.2 Å². The summed E-state index contributed by atoms with van der Waals surface area (Å²) in [6.07, 6.45) is 3.40. The van der Waals surface area contributed by atoms with Crippen LogP contribution in [0.1, 0.15) is 21.7 Å². The minimum atomic E-state index is -0.476. The summed E-state index contributed by atoms with van der Waals surface area (Å²) in [6.45, 7) is 3.77. The Kier molecular flexibility index (Phi) is 5.93. The topological polar surface area (TPSA) is 65.6 Å². The van der Waals surface area contributed by atoms with E-state index in [0.717, 1.165) is 17.0 Å². The molecule has 0 saturated carbocycles. The van der Waals surface area contributed by atoms with E-state index < -0.39 is 5.82 Å². The van der Waals surface area contributed by atoms with Crippen LogP contribution in [-0.4, -0.2) is 35.9 Å². The van der Waals surface area contributed by atoms with E-state index in [4.69, 9.17) is 11.6 Å². The summed E-state index contributed by atoms with van der Waals surface area (Å²) in [7, 11) is 1.87. The predicted octanol–water partition coefficient (Wildman–Crippen LogP) is 5.05. The highest BCUT2D eigenvalue weighted by Crippen LogP contribution is 2.27. The molecule has 3 aromatic heterocycles. The van der Waals surface area contributed by atoms with Crippen molar-refractivity contribution in [2.75, 3.05) is 5.75 Å². The Hall–Kier alpha value is -2.97. The van der Waals surface area contributed by atoms with Crippen molar-refractivity contribution in [1.82, 2.24) is 24.3 Å². The largest absolute Gasteiger partial charge is 0.318 e. The van der Waals surface area contributed by atoms with Gasteiger partial charge in [0.2, 0.25) is 0 Å². The number of pyridine rings is 1. The summed E-state index contributed by atoms with van der Waals surface area (Å²) in [5.41, 5.74) is 3.88. The van der Waals surface area contributed by atoms with Gasteiger partial charge in [0.25, 0.3) is 0 Å². The number of rotatable bonds is 6. The zero-order chi connectivity index (χ0) is 22.1. The first kappa shape index (κ1) is 21.3. The molecule has 3 heterocycles. The monoisotopic (exact) mass is 455 g/mol. The molecule has 0 bridgehead atoms. The van der Waals surface area contributed by atoms with Gasteiger partial charge in [0.05, 0.1) is 10.8 Å². The number of hydrogen-bond acceptors (Lipinski definition) is 5. The molecule has 0 unspecified atom stereocenters. The second-order valence-corrected chi connectivity index (χ2v) is 8.38. The van der Waals surface area contributed by atoms with Gasteiger partial charge in [-0.25, -0.2) is 4.39 Å². The fraction of sp³-hybridized carbons (Fsp3) is 0.182. The van der Waals surface area contributed by atoms with E-state index in [9.17, 15) is 9.18 Å². The maximum absolute atomic E-state index is 13.5. The molecule has 0 atom stereocenters. The van der Waals surface area contributed by atoms with Crippen LogP contribution >= 0.6 is 23.4 Å². The zero-order valence-corrected chi connectivity index (χ0v) is 18.7. The lowest BCUT2D eigenvalue weighted by molar-refractivity contribution is 0.102. The number of nitrogens with zero attached hydrogens (tertiary/aromatic N) is 5. The molecule has 0 amide bonds. The zero-order valence-electron chi connectivity index (χ0n) is 17.1. The maximum Gasteiger partial charge on any atom is 0.191 e. The van der Waals surface area contributed by atoms with Gasteiger partial charge in [0.15, 0.2) is 16.8 Å². The Labute approximate surface area is 188 Å². The lowest BCUT2D eigenvalue weighted by Gasteiger charge is -2.10. The molecule has 4 aromatic rings. The number of thioether (sulfide) groups is 1. The van der Waals surface area contributed by atoms with Gasteiger partial charge in [0, 0.05) is 47.6 Å². The Bertz CT molecular complexity index is 1270. The van der Waals surface area contributed by atoms with Gasteiger partial charge >= 0.3 is 0 Å². The van der Waals surface area contributed by atoms with Crippen LogP contribution in [0.3, 0.4) is 0 Å². The summed E-state index contributed by atoms with van der Waals surface area (Å²) < 4.78 is 17.3. The van der Waals surface area contributed by atoms with Crippen molar-refractivity contribution >= 4 is 29.1 Å². The van der Waals surface area contributed by atoms with Crippen LogP contribution in [0.25, 0.3) is 17.1 Å². The lowest BCUT2D eigenvalue weighted by Crippen LogP contribution is -2.06. The number of halogens is 2. The molecule has 1 aromatic carbocycles. The summed E-state index contributed by atoms with van der Waals surface area (Å²) in [5.74, 6) is 0.432. The first-order valence-corrected chi connectivity index (χ1v) is 10.8. The highest BCUT2D eigenvalue weighted by atomic mass is 35.5. The number of aryl methyl sites for hydroxylation is 1. The van der Waals surface area contributed by atoms with Crippen molar-refractivity contribution in [1.29, 1.82) is 0 Å². The minimum Gasteiger partial charge on any atom is -0.318 e. The minimum absolute atomic E-state index is 0.0222. The lowest BCUT2D eigenvalue weighted by atomic mass is 10.2. The van der Waals surface area contributed by atoms with Crippen LogP contribution in [0.5, 0.6) is 0 Å². The highest BCUT2D eigenvalue weighted by Gasteiger charge is 2.19. The van der Waals surface area contributed by atoms with E-state index in [-0.39, 0.29) is 16.6 Å². The molecule has 9 heteroatoms. The number of ketones is 1. The SMILES string of the molecule is Cc1cc(C(=O)CSc2nnc(-c3ccncc3)n2C)c(C)n1-c1ccc(F)c(Cl)c1. The summed E-state index contributed by atoms with van der Waals surface area (Å²) in [6, 6.07) is 10.1. The molecule has 0 aliphatic rings. The molecule has 31 heavy (non-hydrogen) atoms. The quantitative estimate of drug-likeness (QED) is 0.300. The third-order valence-electron chi connectivity index (χ3n) is 5.00. The van der Waals surface area contributed by atoms with Crippen LogP contribution < -0.4 is 0 Å². The molecular formula is C22H19ClFN5OS. The Balaban J connectivity index is 1.54. The van der Waals surface area contributed by atoms with E-state index >= 15 is 0 Å². The third kappa shape index (κ3) is 4.13. The first-order chi connectivity index (χ1) is 14.9. The fourth-order valence-electron chi connectivity index (χ4n) is 3.47. The molecule has 0 aliphatic heterocycles. The average molecular weight is 456 g/mol. The van der Waals surface area contributed by atoms with Crippen molar-refractivity contribution < 1.29 is 9.18 Å². The molecule has 0 radical (unpaired) electrons. The third-order valence-corrected chi connectivity index (χ3v) is 6.31. The molecule has 0 spiro atoms. The highest BCUT2D eigenvalue weighted by molar-refractivity contribution is 7.99. The molecular weight excluding hydrogens is 437 g/mol. The van der Waals surface area contributed by atoms with Gasteiger partial charge in [-0.05, 0) is 50.2 Å². The first-order valence-electron chi connectivity index (χ1n) is 9.47. The van der Waals surface area contributed by atoms with Crippen molar-refractivity contribution in [3.05, 3.63) is 76.6 Å². The normalized spacial score (nSPS) is 11.1. The second kappa shape index (κ2) is 8.64. The predicted molar refractivity (Wildman–Crippen MR) is 119 cm³/mol. The molecule has 0 aliphatic carbocycles. The van der Waals surface area contributed by atoms with E-state index in [1.54, 1.807) is 24.5 Å². The van der Waals surface area contributed by atoms with Gasteiger partial charge in [-0.1, -0.05) is 23.4 Å². The van der Waals surface area contributed by atoms with Crippen LogP contribution in [-0.2, 0) is 7.05 Å². The summed E-state index contributed by atoms with van der Waals surface area (Å²) in [4.78, 5) is 17.0. The second-order valence-electron chi connectivity index (χ2n) is 7.03. The molecule has 0 N–H and O–H groups in total. The van der Waals surface area contributed by atoms with Crippen LogP contribution in [0.2, 0.25) is 5.02 Å². The van der Waals surface area contributed by atoms with E-state index in [0.29, 0.717) is 22.2 Å². The Morgan fingerprint density at radius 1 is 1.13 bits per heavy atom. The molecule has 4 rings (SSSR count). The van der Waals surface area contributed by atoms with Crippen molar-refractivity contribution in [2.45, 2.75) is 19.0 Å². The smallest absolute Gasteiger partial charge is 0.191 e. The number of carbonyl (C=O) groups excluding carboxylic acids is 1. The summed E-state index contributed by atoms with van der Waals surface area (Å²) >= 11 is 7.27. The fourth-order valence-corrected chi connectivity index (χ4v) is 4.44. The Morgan fingerprint density at radius 3 is 2.58 bits per heavy atom. The van der Waals surface area contributed by atoms with Gasteiger partial charge in [-0.3, -0.25) is 9.78 Å². The van der Waals surface area contributed by atoms with Gasteiger partial charge in [-0.15, -0.1) is 10.2 Å². The van der Waals surface area contributed by atoms with Crippen LogP contribution in [0, 0.1) is 19.7 Å². The number of Topliss-reactive ketones (excluding diaryl/α,β-unsaturated/α-hetero) is 1. The Morgan fingerprint density at radius 2 is 1.87 bits per heavy atom. The average Bonchev–Trinajstić information content (AvgIpc) is 3.28. The van der Waals surface area contributed by atoms with Crippen LogP contribution in [0.15, 0.2) is 53.9 Å². The van der Waals surface area contributed by atoms with Crippen LogP contribution in [0.4, 0.5) is 4.39 Å². The van der Waals surface area contributed by atoms with Crippen molar-refractivity contribution in [2.24, 2.45) is 7.05 Å². The molecule has 6 nitrogen and oxygen atoms in total. The van der Waals surface area contributed by atoms with Crippen molar-refractivity contribution in [3.8, 4) is 17.1 Å². The van der Waals surface area contributed by atoms with E-state index in [2.05, 4.69) is 15.2 Å². The van der Waals surface area contributed by atoms with Gasteiger partial charge in [0.1, 0.15) is 5.82 Å². The van der Waals surface area contributed by atoms with Gasteiger partial charge < -0.3 is 9.13 Å². The summed E-state index contributed by atoms with van der Waals surface area (Å²) in [5, 5.41) is 9.14. The number of carbonyl (C=O) groups is 1. The van der Waals surface area contributed by atoms with E-state index in [1.165, 1.54) is 17.8 Å². The maximum atomic E-state index is 13.5. The standard InChI is InChI=1S/C22H19ClFN5OS/c1-13-10-17(14(2)29(13)16-4-5-19(24)18(23)11-16)20(30)12-31-22-27-26-21(28(22)3)15-6-8-25-9-7-15/h4-11H,12H2,1-3H3. The number of aromatic nitrogens is 5.